The van der Waals surface area contributed by atoms with Gasteiger partial charge in [-0.1, -0.05) is 17.2 Å². The molecule has 0 bridgehead atoms. The maximum absolute atomic E-state index is 12.3. The molecule has 2 aromatic carbocycles. The number of aryl methyl sites for hydroxylation is 2. The predicted molar refractivity (Wildman–Crippen MR) is 104 cm³/mol. The fourth-order valence-corrected chi connectivity index (χ4v) is 2.91. The number of hydrogen-bond acceptors (Lipinski definition) is 4. The Bertz CT molecular complexity index is 813. The smallest absolute Gasteiger partial charge is 0.251 e. The van der Waals surface area contributed by atoms with Crippen LogP contribution in [0.25, 0.3) is 0 Å². The summed E-state index contributed by atoms with van der Waals surface area (Å²) < 4.78 is 10.5. The van der Waals surface area contributed by atoms with Crippen molar-refractivity contribution >= 4 is 11.8 Å². The maximum Gasteiger partial charge on any atom is 0.251 e. The van der Waals surface area contributed by atoms with E-state index in [1.54, 1.807) is 32.4 Å². The molecule has 6 heteroatoms. The van der Waals surface area contributed by atoms with Crippen LogP contribution in [0.3, 0.4) is 0 Å². The van der Waals surface area contributed by atoms with Gasteiger partial charge in [0.05, 0.1) is 26.8 Å². The van der Waals surface area contributed by atoms with Crippen molar-refractivity contribution < 1.29 is 19.1 Å². The quantitative estimate of drug-likeness (QED) is 0.786. The SMILES string of the molecule is COc1ccc(C(C)NC(=O)CNC(=O)c2cc(C)cc(C)c2)c(OC)c1. The Kier molecular flexibility index (Phi) is 6.82. The molecule has 144 valence electrons. The molecule has 0 heterocycles. The molecule has 6 nitrogen and oxygen atoms in total. The summed E-state index contributed by atoms with van der Waals surface area (Å²) >= 11 is 0. The molecule has 27 heavy (non-hydrogen) atoms. The van der Waals surface area contributed by atoms with E-state index in [4.69, 9.17) is 9.47 Å². The average molecular weight is 370 g/mol. The molecular weight excluding hydrogens is 344 g/mol. The van der Waals surface area contributed by atoms with Crippen molar-refractivity contribution in [1.29, 1.82) is 0 Å². The van der Waals surface area contributed by atoms with Crippen LogP contribution in [-0.4, -0.2) is 32.6 Å². The third-order valence-electron chi connectivity index (χ3n) is 4.18. The number of methoxy groups -OCH3 is 2. The summed E-state index contributed by atoms with van der Waals surface area (Å²) in [4.78, 5) is 24.5. The monoisotopic (exact) mass is 370 g/mol. The molecule has 1 atom stereocenters. The minimum atomic E-state index is -0.281. The van der Waals surface area contributed by atoms with E-state index in [9.17, 15) is 9.59 Å². The minimum Gasteiger partial charge on any atom is -0.497 e. The molecule has 0 aliphatic heterocycles. The van der Waals surface area contributed by atoms with Crippen molar-refractivity contribution in [2.75, 3.05) is 20.8 Å². The summed E-state index contributed by atoms with van der Waals surface area (Å²) in [5.41, 5.74) is 3.38. The molecule has 2 amide bonds. The standard InChI is InChI=1S/C21H26N2O4/c1-13-8-14(2)10-16(9-13)21(25)22-12-20(24)23-15(3)18-7-6-17(26-4)11-19(18)27-5/h6-11,15H,12H2,1-5H3,(H,22,25)(H,23,24). The summed E-state index contributed by atoms with van der Waals surface area (Å²) in [6.45, 7) is 5.61. The van der Waals surface area contributed by atoms with E-state index >= 15 is 0 Å². The second-order valence-electron chi connectivity index (χ2n) is 6.46. The third-order valence-corrected chi connectivity index (χ3v) is 4.18. The van der Waals surface area contributed by atoms with Crippen LogP contribution in [0.15, 0.2) is 36.4 Å². The highest BCUT2D eigenvalue weighted by Gasteiger charge is 2.16. The molecule has 2 N–H and O–H groups in total. The van der Waals surface area contributed by atoms with Gasteiger partial charge in [-0.2, -0.15) is 0 Å². The number of carbonyl (C=O) groups excluding carboxylic acids is 2. The second-order valence-corrected chi connectivity index (χ2v) is 6.46. The number of rotatable bonds is 7. The first-order chi connectivity index (χ1) is 12.8. The van der Waals surface area contributed by atoms with Gasteiger partial charge in [-0.15, -0.1) is 0 Å². The number of benzene rings is 2. The molecule has 0 saturated carbocycles. The van der Waals surface area contributed by atoms with Crippen LogP contribution in [0.5, 0.6) is 11.5 Å². The molecular formula is C21H26N2O4. The number of carbonyl (C=O) groups is 2. The van der Waals surface area contributed by atoms with Gasteiger partial charge in [-0.3, -0.25) is 9.59 Å². The molecule has 2 rings (SSSR count). The summed E-state index contributed by atoms with van der Waals surface area (Å²) in [5.74, 6) is 0.751. The van der Waals surface area contributed by atoms with Crippen LogP contribution in [0.4, 0.5) is 0 Å². The summed E-state index contributed by atoms with van der Waals surface area (Å²) in [6, 6.07) is 10.7. The van der Waals surface area contributed by atoms with Crippen LogP contribution in [-0.2, 0) is 4.79 Å². The lowest BCUT2D eigenvalue weighted by Crippen LogP contribution is -2.38. The lowest BCUT2D eigenvalue weighted by molar-refractivity contribution is -0.120. The highest BCUT2D eigenvalue weighted by molar-refractivity contribution is 5.96. The number of ether oxygens (including phenoxy) is 2. The van der Waals surface area contributed by atoms with Crippen LogP contribution in [0.2, 0.25) is 0 Å². The van der Waals surface area contributed by atoms with Gasteiger partial charge in [-0.25, -0.2) is 0 Å². The first-order valence-electron chi connectivity index (χ1n) is 8.71. The van der Waals surface area contributed by atoms with Crippen molar-refractivity contribution in [2.24, 2.45) is 0 Å². The Hall–Kier alpha value is -3.02. The minimum absolute atomic E-state index is 0.103. The van der Waals surface area contributed by atoms with Crippen molar-refractivity contribution in [3.63, 3.8) is 0 Å². The van der Waals surface area contributed by atoms with E-state index in [1.807, 2.05) is 39.0 Å². The summed E-state index contributed by atoms with van der Waals surface area (Å²) in [6.07, 6.45) is 0. The van der Waals surface area contributed by atoms with E-state index in [2.05, 4.69) is 10.6 Å². The van der Waals surface area contributed by atoms with Gasteiger partial charge in [0, 0.05) is 17.2 Å². The van der Waals surface area contributed by atoms with Gasteiger partial charge in [0.25, 0.3) is 5.91 Å². The molecule has 0 radical (unpaired) electrons. The molecule has 1 unspecified atom stereocenters. The Morgan fingerprint density at radius 3 is 2.26 bits per heavy atom. The third kappa shape index (κ3) is 5.48. The van der Waals surface area contributed by atoms with E-state index in [-0.39, 0.29) is 24.4 Å². The van der Waals surface area contributed by atoms with E-state index in [1.165, 1.54) is 0 Å². The van der Waals surface area contributed by atoms with Gasteiger partial charge in [-0.05, 0) is 45.0 Å². The Labute approximate surface area is 159 Å². The number of nitrogens with one attached hydrogen (secondary N) is 2. The molecule has 0 aromatic heterocycles. The van der Waals surface area contributed by atoms with Gasteiger partial charge in [0.15, 0.2) is 0 Å². The summed E-state index contributed by atoms with van der Waals surface area (Å²) in [5, 5.41) is 5.52. The first-order valence-corrected chi connectivity index (χ1v) is 8.71. The van der Waals surface area contributed by atoms with E-state index in [0.717, 1.165) is 16.7 Å². The molecule has 0 saturated heterocycles. The average Bonchev–Trinajstić information content (AvgIpc) is 2.64. The predicted octanol–water partition coefficient (Wildman–Crippen LogP) is 2.93. The molecule has 0 aliphatic rings. The van der Waals surface area contributed by atoms with E-state index in [0.29, 0.717) is 17.1 Å². The highest BCUT2D eigenvalue weighted by Crippen LogP contribution is 2.29. The van der Waals surface area contributed by atoms with Crippen molar-refractivity contribution in [3.8, 4) is 11.5 Å². The lowest BCUT2D eigenvalue weighted by Gasteiger charge is -2.18. The molecule has 0 fully saturated rings. The van der Waals surface area contributed by atoms with Crippen molar-refractivity contribution in [2.45, 2.75) is 26.8 Å². The Morgan fingerprint density at radius 1 is 1.00 bits per heavy atom. The van der Waals surface area contributed by atoms with Crippen molar-refractivity contribution in [1.82, 2.24) is 10.6 Å². The first kappa shape index (κ1) is 20.3. The van der Waals surface area contributed by atoms with Gasteiger partial charge < -0.3 is 20.1 Å². The maximum atomic E-state index is 12.3. The number of amides is 2. The van der Waals surface area contributed by atoms with Gasteiger partial charge in [0.1, 0.15) is 11.5 Å². The van der Waals surface area contributed by atoms with E-state index < -0.39 is 0 Å². The van der Waals surface area contributed by atoms with Gasteiger partial charge >= 0.3 is 0 Å². The zero-order valence-corrected chi connectivity index (χ0v) is 16.4. The van der Waals surface area contributed by atoms with Gasteiger partial charge in [0.2, 0.25) is 5.91 Å². The summed E-state index contributed by atoms with van der Waals surface area (Å²) in [7, 11) is 3.15. The van der Waals surface area contributed by atoms with Crippen LogP contribution in [0, 0.1) is 13.8 Å². The fourth-order valence-electron chi connectivity index (χ4n) is 2.91. The second kappa shape index (κ2) is 9.07. The normalized spacial score (nSPS) is 11.4. The topological polar surface area (TPSA) is 76.7 Å². The highest BCUT2D eigenvalue weighted by atomic mass is 16.5. The van der Waals surface area contributed by atoms with Crippen LogP contribution >= 0.6 is 0 Å². The van der Waals surface area contributed by atoms with Crippen molar-refractivity contribution in [3.05, 3.63) is 58.7 Å². The molecule has 0 aliphatic carbocycles. The molecule has 0 spiro atoms. The van der Waals surface area contributed by atoms with Crippen LogP contribution in [0.1, 0.15) is 40.0 Å². The fraction of sp³-hybridized carbons (Fsp3) is 0.333. The zero-order valence-electron chi connectivity index (χ0n) is 16.4. The lowest BCUT2D eigenvalue weighted by atomic mass is 10.1. The largest absolute Gasteiger partial charge is 0.497 e. The Morgan fingerprint density at radius 2 is 1.67 bits per heavy atom. The van der Waals surface area contributed by atoms with Crippen LogP contribution < -0.4 is 20.1 Å². The zero-order chi connectivity index (χ0) is 20.0. The number of hydrogen-bond donors (Lipinski definition) is 2. The Balaban J connectivity index is 1.96. The molecule has 2 aromatic rings.